The molecule has 3 heterocycles. The lowest BCUT2D eigenvalue weighted by Crippen LogP contribution is -2.47. The van der Waals surface area contributed by atoms with Gasteiger partial charge in [0.15, 0.2) is 20.6 Å². The largest absolute Gasteiger partial charge is 0.350 e. The van der Waals surface area contributed by atoms with Crippen LogP contribution >= 0.6 is 27.3 Å². The Morgan fingerprint density at radius 2 is 2.37 bits per heavy atom. The van der Waals surface area contributed by atoms with E-state index in [-0.39, 0.29) is 17.5 Å². The molecule has 5 nitrogen and oxygen atoms in total. The molecular weight excluding hydrogens is 350 g/mol. The van der Waals surface area contributed by atoms with Crippen LogP contribution in [0.4, 0.5) is 5.82 Å². The Bertz CT molecular complexity index is 707. The van der Waals surface area contributed by atoms with Crippen molar-refractivity contribution in [2.45, 2.75) is 18.3 Å². The third-order valence-electron chi connectivity index (χ3n) is 3.41. The molecule has 0 bridgehead atoms. The van der Waals surface area contributed by atoms with Crippen molar-refractivity contribution < 1.29 is 8.42 Å². The molecule has 2 aromatic rings. The zero-order valence-electron chi connectivity index (χ0n) is 10.4. The average molecular weight is 364 g/mol. The van der Waals surface area contributed by atoms with E-state index in [4.69, 9.17) is 0 Å². The summed E-state index contributed by atoms with van der Waals surface area (Å²) in [7, 11) is -2.89. The lowest BCUT2D eigenvalue weighted by atomic mass is 10.3. The van der Waals surface area contributed by atoms with Crippen molar-refractivity contribution in [2.24, 2.45) is 0 Å². The van der Waals surface area contributed by atoms with E-state index < -0.39 is 9.84 Å². The number of sulfone groups is 1. The van der Waals surface area contributed by atoms with Crippen LogP contribution in [0.3, 0.4) is 0 Å². The Balaban J connectivity index is 2.02. The molecule has 0 aromatic carbocycles. The molecule has 2 aromatic heterocycles. The number of hydrogen-bond acceptors (Lipinski definition) is 5. The van der Waals surface area contributed by atoms with Gasteiger partial charge in [0.1, 0.15) is 0 Å². The summed E-state index contributed by atoms with van der Waals surface area (Å²) in [6.45, 7) is 2.47. The summed E-state index contributed by atoms with van der Waals surface area (Å²) in [6.07, 6.45) is 2.00. The molecule has 0 saturated carbocycles. The van der Waals surface area contributed by atoms with Crippen LogP contribution in [-0.2, 0) is 15.2 Å². The second-order valence-corrected chi connectivity index (χ2v) is 8.39. The SMILES string of the molecule is CC1CS(=O)(=O)CCN1c1nc2sccn2c1CBr. The summed E-state index contributed by atoms with van der Waals surface area (Å²) in [5.74, 6) is 1.33. The highest BCUT2D eigenvalue weighted by molar-refractivity contribution is 9.08. The van der Waals surface area contributed by atoms with Gasteiger partial charge in [0.25, 0.3) is 0 Å². The molecule has 8 heteroatoms. The molecule has 19 heavy (non-hydrogen) atoms. The molecule has 1 unspecified atom stereocenters. The third-order valence-corrected chi connectivity index (χ3v) is 6.49. The number of thiazole rings is 1. The molecule has 3 rings (SSSR count). The molecule has 1 saturated heterocycles. The highest BCUT2D eigenvalue weighted by Gasteiger charge is 2.31. The minimum atomic E-state index is -2.89. The van der Waals surface area contributed by atoms with Gasteiger partial charge in [0.05, 0.1) is 17.2 Å². The molecule has 0 N–H and O–H groups in total. The van der Waals surface area contributed by atoms with Crippen LogP contribution in [0, 0.1) is 0 Å². The number of alkyl halides is 1. The number of imidazole rings is 1. The zero-order chi connectivity index (χ0) is 13.6. The summed E-state index contributed by atoms with van der Waals surface area (Å²) < 4.78 is 25.4. The van der Waals surface area contributed by atoms with Gasteiger partial charge in [0.2, 0.25) is 0 Å². The maximum atomic E-state index is 11.7. The highest BCUT2D eigenvalue weighted by atomic mass is 79.9. The summed E-state index contributed by atoms with van der Waals surface area (Å²) in [5.41, 5.74) is 1.09. The van der Waals surface area contributed by atoms with Gasteiger partial charge in [-0.25, -0.2) is 13.4 Å². The number of anilines is 1. The maximum Gasteiger partial charge on any atom is 0.195 e. The molecular formula is C11H14BrN3O2S2. The number of hydrogen-bond donors (Lipinski definition) is 0. The second kappa shape index (κ2) is 4.75. The van der Waals surface area contributed by atoms with Crippen molar-refractivity contribution in [1.29, 1.82) is 0 Å². The first kappa shape index (κ1) is 13.4. The Hall–Kier alpha value is -0.600. The van der Waals surface area contributed by atoms with Gasteiger partial charge in [-0.3, -0.25) is 4.40 Å². The van der Waals surface area contributed by atoms with E-state index in [1.54, 1.807) is 11.3 Å². The molecule has 0 amide bonds. The monoisotopic (exact) mass is 363 g/mol. The van der Waals surface area contributed by atoms with Crippen molar-refractivity contribution in [1.82, 2.24) is 9.38 Å². The Morgan fingerprint density at radius 1 is 1.58 bits per heavy atom. The Kier molecular flexibility index (Phi) is 3.34. The fourth-order valence-corrected chi connectivity index (χ4v) is 5.29. The highest BCUT2D eigenvalue weighted by Crippen LogP contribution is 2.29. The molecule has 1 fully saturated rings. The van der Waals surface area contributed by atoms with E-state index in [0.29, 0.717) is 11.9 Å². The van der Waals surface area contributed by atoms with Gasteiger partial charge >= 0.3 is 0 Å². The van der Waals surface area contributed by atoms with Crippen molar-refractivity contribution in [3.63, 3.8) is 0 Å². The summed E-state index contributed by atoms with van der Waals surface area (Å²) in [5, 5.41) is 2.71. The normalized spacial score (nSPS) is 23.1. The first-order valence-corrected chi connectivity index (χ1v) is 9.81. The first-order chi connectivity index (χ1) is 9.02. The zero-order valence-corrected chi connectivity index (χ0v) is 13.6. The smallest absolute Gasteiger partial charge is 0.195 e. The fourth-order valence-electron chi connectivity index (χ4n) is 2.49. The van der Waals surface area contributed by atoms with E-state index in [1.165, 1.54) is 0 Å². The molecule has 104 valence electrons. The maximum absolute atomic E-state index is 11.7. The van der Waals surface area contributed by atoms with Gasteiger partial charge in [-0.2, -0.15) is 0 Å². The first-order valence-electron chi connectivity index (χ1n) is 5.99. The Morgan fingerprint density at radius 3 is 3.05 bits per heavy atom. The van der Waals surface area contributed by atoms with Crippen molar-refractivity contribution in [2.75, 3.05) is 23.0 Å². The third kappa shape index (κ3) is 2.30. The van der Waals surface area contributed by atoms with Crippen molar-refractivity contribution in [3.8, 4) is 0 Å². The van der Waals surface area contributed by atoms with Gasteiger partial charge in [-0.05, 0) is 6.92 Å². The van der Waals surface area contributed by atoms with Gasteiger partial charge in [-0.1, -0.05) is 15.9 Å². The average Bonchev–Trinajstić information content (AvgIpc) is 2.87. The summed E-state index contributed by atoms with van der Waals surface area (Å²) in [4.78, 5) is 7.71. The van der Waals surface area contributed by atoms with Crippen LogP contribution in [0.5, 0.6) is 0 Å². The van der Waals surface area contributed by atoms with Crippen LogP contribution in [0.25, 0.3) is 4.96 Å². The van der Waals surface area contributed by atoms with Crippen molar-refractivity contribution >= 4 is 47.9 Å². The van der Waals surface area contributed by atoms with Crippen LogP contribution in [-0.4, -0.2) is 41.9 Å². The second-order valence-electron chi connectivity index (χ2n) is 4.73. The summed E-state index contributed by atoms with van der Waals surface area (Å²) in [6, 6.07) is -0.0267. The van der Waals surface area contributed by atoms with Crippen LogP contribution in [0.15, 0.2) is 11.6 Å². The topological polar surface area (TPSA) is 54.7 Å². The molecule has 1 aliphatic heterocycles. The predicted octanol–water partition coefficient (Wildman–Crippen LogP) is 1.91. The lowest BCUT2D eigenvalue weighted by Gasteiger charge is -2.33. The van der Waals surface area contributed by atoms with E-state index in [0.717, 1.165) is 16.5 Å². The van der Waals surface area contributed by atoms with Crippen molar-refractivity contribution in [3.05, 3.63) is 17.3 Å². The lowest BCUT2D eigenvalue weighted by molar-refractivity contribution is 0.566. The number of rotatable bonds is 2. The number of fused-ring (bicyclic) bond motifs is 1. The minimum Gasteiger partial charge on any atom is -0.350 e. The fraction of sp³-hybridized carbons (Fsp3) is 0.545. The predicted molar refractivity (Wildman–Crippen MR) is 81.2 cm³/mol. The van der Waals surface area contributed by atoms with Crippen LogP contribution in [0.2, 0.25) is 0 Å². The van der Waals surface area contributed by atoms with Crippen LogP contribution < -0.4 is 4.90 Å². The number of aromatic nitrogens is 2. The van der Waals surface area contributed by atoms with Gasteiger partial charge < -0.3 is 4.90 Å². The number of nitrogens with zero attached hydrogens (tertiary/aromatic N) is 3. The van der Waals surface area contributed by atoms with E-state index in [2.05, 4.69) is 30.2 Å². The molecule has 0 spiro atoms. The minimum absolute atomic E-state index is 0.0267. The molecule has 1 atom stereocenters. The van der Waals surface area contributed by atoms with E-state index in [1.807, 2.05) is 18.5 Å². The molecule has 1 aliphatic rings. The van der Waals surface area contributed by atoms with Gasteiger partial charge in [-0.15, -0.1) is 11.3 Å². The van der Waals surface area contributed by atoms with E-state index in [9.17, 15) is 8.42 Å². The molecule has 0 aliphatic carbocycles. The summed E-state index contributed by atoms with van der Waals surface area (Å²) >= 11 is 5.09. The van der Waals surface area contributed by atoms with Crippen LogP contribution in [0.1, 0.15) is 12.6 Å². The standard InChI is InChI=1S/C11H14BrN3O2S2/c1-8-7-19(16,17)5-3-14(8)10-9(6-12)15-2-4-18-11(15)13-10/h2,4,8H,3,5-7H2,1H3. The Labute approximate surface area is 124 Å². The van der Waals surface area contributed by atoms with E-state index >= 15 is 0 Å². The molecule has 0 radical (unpaired) electrons. The number of halogens is 1. The quantitative estimate of drug-likeness (QED) is 0.764. The van der Waals surface area contributed by atoms with Gasteiger partial charge in [0, 0.05) is 29.5 Å².